The summed E-state index contributed by atoms with van der Waals surface area (Å²) in [6.07, 6.45) is 0. The maximum Gasteiger partial charge on any atom is 0.272 e. The Labute approximate surface area is 289 Å². The molecule has 0 aliphatic rings. The van der Waals surface area contributed by atoms with Crippen molar-refractivity contribution in [1.29, 1.82) is 0 Å². The molecule has 0 aliphatic carbocycles. The quantitative estimate of drug-likeness (QED) is 0.120. The molecule has 0 aliphatic heterocycles. The maximum atomic E-state index is 12.1. The number of ether oxygens (including phenoxy) is 1. The van der Waals surface area contributed by atoms with Gasteiger partial charge in [0.2, 0.25) is 0 Å². The second-order valence-electron chi connectivity index (χ2n) is 11.6. The molecule has 0 fully saturated rings. The van der Waals surface area contributed by atoms with Gasteiger partial charge in [-0.2, -0.15) is 0 Å². The normalized spacial score (nSPS) is 11.3. The highest BCUT2D eigenvalue weighted by molar-refractivity contribution is 5.81. The van der Waals surface area contributed by atoms with Crippen LogP contribution in [0.1, 0.15) is 25.5 Å². The Morgan fingerprint density at radius 1 is 0.500 bits per heavy atom. The summed E-state index contributed by atoms with van der Waals surface area (Å²) in [5.74, 6) is 0.123. The van der Waals surface area contributed by atoms with Crippen molar-refractivity contribution in [3.05, 3.63) is 186 Å². The van der Waals surface area contributed by atoms with Crippen LogP contribution in [0.15, 0.2) is 159 Å². The van der Waals surface area contributed by atoms with Gasteiger partial charge in [0.15, 0.2) is 5.75 Å². The van der Waals surface area contributed by atoms with E-state index >= 15 is 0 Å². The minimum absolute atomic E-state index is 0.0827. The number of rotatable bonds is 11. The smallest absolute Gasteiger partial charge is 0.272 e. The van der Waals surface area contributed by atoms with Crippen molar-refractivity contribution < 1.29 is 4.74 Å². The summed E-state index contributed by atoms with van der Waals surface area (Å²) in [6.45, 7) is 4.09. The molecule has 1 unspecified atom stereocenters. The number of nitrogens with one attached hydrogen (secondary N) is 3. The standard InChI is InChI=1S/C24H20N2O2.C18H15NO3/c1-16(17-9-4-2-5-10-17)25-21-22(24(28)23(21)27)26-20-14-8-13-19(15-20)18-11-6-3-7-12-18;1-2-22-18-15(16(20)17(18)21)19-14-10-6-9-13(11-14)12-7-4-3-5-8-12/h2-16,25-26H,1H3;3-11,19H,2H2,1H3. The van der Waals surface area contributed by atoms with Gasteiger partial charge in [0.25, 0.3) is 21.7 Å². The number of benzene rings is 5. The van der Waals surface area contributed by atoms with Crippen LogP contribution in [0.25, 0.3) is 22.3 Å². The third-order valence-electron chi connectivity index (χ3n) is 8.20. The summed E-state index contributed by atoms with van der Waals surface area (Å²) >= 11 is 0. The maximum absolute atomic E-state index is 12.1. The second kappa shape index (κ2) is 15.1. The first-order valence-corrected chi connectivity index (χ1v) is 16.3. The van der Waals surface area contributed by atoms with Gasteiger partial charge < -0.3 is 20.7 Å². The third-order valence-corrected chi connectivity index (χ3v) is 8.20. The van der Waals surface area contributed by atoms with Gasteiger partial charge in [-0.3, -0.25) is 19.2 Å². The first kappa shape index (κ1) is 33.4. The van der Waals surface area contributed by atoms with Crippen molar-refractivity contribution in [2.24, 2.45) is 0 Å². The number of anilines is 5. The fourth-order valence-corrected chi connectivity index (χ4v) is 5.56. The zero-order valence-corrected chi connectivity index (χ0v) is 27.6. The highest BCUT2D eigenvalue weighted by Gasteiger charge is 2.23. The molecule has 0 aromatic heterocycles. The first-order chi connectivity index (χ1) is 24.3. The van der Waals surface area contributed by atoms with Crippen molar-refractivity contribution in [3.8, 4) is 28.0 Å². The SMILES string of the molecule is CC(Nc1c(Nc2cccc(-c3ccccc3)c2)c(=O)c1=O)c1ccccc1.CCOc1c(Nc2cccc(-c3ccccc3)c2)c(=O)c1=O. The Bertz CT molecular complexity index is 2360. The average Bonchev–Trinajstić information content (AvgIpc) is 3.18. The fourth-order valence-electron chi connectivity index (χ4n) is 5.56. The second-order valence-corrected chi connectivity index (χ2v) is 11.6. The van der Waals surface area contributed by atoms with E-state index < -0.39 is 21.7 Å². The Kier molecular flexibility index (Phi) is 10.1. The van der Waals surface area contributed by atoms with E-state index in [4.69, 9.17) is 4.74 Å². The van der Waals surface area contributed by atoms with Crippen molar-refractivity contribution in [2.45, 2.75) is 19.9 Å². The van der Waals surface area contributed by atoms with Crippen molar-refractivity contribution >= 4 is 28.4 Å². The molecular formula is C42H35N3O5. The molecule has 8 heteroatoms. The zero-order chi connectivity index (χ0) is 35.0. The summed E-state index contributed by atoms with van der Waals surface area (Å²) < 4.78 is 5.21. The molecule has 7 rings (SSSR count). The van der Waals surface area contributed by atoms with Gasteiger partial charge in [-0.25, -0.2) is 0 Å². The van der Waals surface area contributed by atoms with Crippen LogP contribution in [0.4, 0.5) is 28.4 Å². The molecule has 3 N–H and O–H groups in total. The highest BCUT2D eigenvalue weighted by atomic mass is 16.5. The van der Waals surface area contributed by atoms with E-state index in [1.165, 1.54) is 0 Å². The molecule has 1 atom stereocenters. The van der Waals surface area contributed by atoms with Crippen LogP contribution < -0.4 is 42.4 Å². The van der Waals surface area contributed by atoms with E-state index in [9.17, 15) is 19.2 Å². The summed E-state index contributed by atoms with van der Waals surface area (Å²) in [5.41, 5.74) is 5.62. The molecule has 0 amide bonds. The van der Waals surface area contributed by atoms with Crippen LogP contribution in [-0.4, -0.2) is 6.61 Å². The fraction of sp³-hybridized carbons (Fsp3) is 0.0952. The predicted octanol–water partition coefficient (Wildman–Crippen LogP) is 7.96. The Morgan fingerprint density at radius 3 is 1.46 bits per heavy atom. The van der Waals surface area contributed by atoms with E-state index in [1.54, 1.807) is 6.92 Å². The molecule has 0 spiro atoms. The van der Waals surface area contributed by atoms with Gasteiger partial charge in [-0.15, -0.1) is 0 Å². The molecule has 0 radical (unpaired) electrons. The molecule has 7 aromatic carbocycles. The van der Waals surface area contributed by atoms with Gasteiger partial charge in [0, 0.05) is 17.4 Å². The van der Waals surface area contributed by atoms with Crippen molar-refractivity contribution in [1.82, 2.24) is 0 Å². The van der Waals surface area contributed by atoms with Crippen LogP contribution >= 0.6 is 0 Å². The molecule has 50 heavy (non-hydrogen) atoms. The summed E-state index contributed by atoms with van der Waals surface area (Å²) in [4.78, 5) is 47.4. The van der Waals surface area contributed by atoms with E-state index in [2.05, 4.69) is 16.0 Å². The lowest BCUT2D eigenvalue weighted by Crippen LogP contribution is -2.37. The van der Waals surface area contributed by atoms with Gasteiger partial charge in [0.05, 0.1) is 6.61 Å². The summed E-state index contributed by atoms with van der Waals surface area (Å²) in [5, 5.41) is 9.29. The van der Waals surface area contributed by atoms with Gasteiger partial charge in [0.1, 0.15) is 17.1 Å². The highest BCUT2D eigenvalue weighted by Crippen LogP contribution is 2.29. The molecule has 0 saturated heterocycles. The molecule has 8 nitrogen and oxygen atoms in total. The number of hydrogen-bond acceptors (Lipinski definition) is 8. The molecular weight excluding hydrogens is 626 g/mol. The molecule has 7 aromatic rings. The van der Waals surface area contributed by atoms with Crippen LogP contribution in [-0.2, 0) is 0 Å². The number of hydrogen-bond donors (Lipinski definition) is 3. The van der Waals surface area contributed by atoms with Crippen LogP contribution in [0.3, 0.4) is 0 Å². The lowest BCUT2D eigenvalue weighted by Gasteiger charge is -2.20. The van der Waals surface area contributed by atoms with Crippen molar-refractivity contribution in [2.75, 3.05) is 22.6 Å². The first-order valence-electron chi connectivity index (χ1n) is 16.3. The van der Waals surface area contributed by atoms with Crippen LogP contribution in [0, 0.1) is 0 Å². The van der Waals surface area contributed by atoms with Gasteiger partial charge in [-0.05, 0) is 65.9 Å². The zero-order valence-electron chi connectivity index (χ0n) is 27.6. The van der Waals surface area contributed by atoms with E-state index in [0.29, 0.717) is 18.0 Å². The largest absolute Gasteiger partial charge is 0.488 e. The van der Waals surface area contributed by atoms with E-state index in [-0.39, 0.29) is 17.5 Å². The van der Waals surface area contributed by atoms with Crippen LogP contribution in [0.5, 0.6) is 5.75 Å². The van der Waals surface area contributed by atoms with Gasteiger partial charge >= 0.3 is 0 Å². The Balaban J connectivity index is 0.000000178. The van der Waals surface area contributed by atoms with Crippen molar-refractivity contribution in [3.63, 3.8) is 0 Å². The molecule has 0 saturated carbocycles. The van der Waals surface area contributed by atoms with E-state index in [0.717, 1.165) is 39.2 Å². The summed E-state index contributed by atoms with van der Waals surface area (Å²) in [7, 11) is 0. The average molecular weight is 662 g/mol. The Hall–Kier alpha value is -6.54. The monoisotopic (exact) mass is 661 g/mol. The summed E-state index contributed by atoms with van der Waals surface area (Å²) in [6, 6.07) is 45.1. The third kappa shape index (κ3) is 7.29. The predicted molar refractivity (Wildman–Crippen MR) is 203 cm³/mol. The lowest BCUT2D eigenvalue weighted by molar-refractivity contribution is 0.335. The molecule has 0 bridgehead atoms. The topological polar surface area (TPSA) is 114 Å². The van der Waals surface area contributed by atoms with E-state index in [1.807, 2.05) is 146 Å². The Morgan fingerprint density at radius 2 is 0.940 bits per heavy atom. The minimum Gasteiger partial charge on any atom is -0.488 e. The minimum atomic E-state index is -0.566. The molecule has 248 valence electrons. The lowest BCUT2D eigenvalue weighted by atomic mass is 10.0. The van der Waals surface area contributed by atoms with Crippen LogP contribution in [0.2, 0.25) is 0 Å². The van der Waals surface area contributed by atoms with Gasteiger partial charge in [-0.1, -0.05) is 115 Å². The molecule has 0 heterocycles.